The van der Waals surface area contributed by atoms with Gasteiger partial charge in [0.2, 0.25) is 0 Å². The summed E-state index contributed by atoms with van der Waals surface area (Å²) < 4.78 is 13.5. The molecule has 0 radical (unpaired) electrons. The number of benzene rings is 1. The van der Waals surface area contributed by atoms with Crippen molar-refractivity contribution >= 4 is 23.4 Å². The molecule has 1 fully saturated rings. The maximum Gasteiger partial charge on any atom is 0.251 e. The van der Waals surface area contributed by atoms with E-state index < -0.39 is 5.82 Å². The van der Waals surface area contributed by atoms with Gasteiger partial charge in [-0.1, -0.05) is 0 Å². The Balaban J connectivity index is 2.08. The zero-order valence-corrected chi connectivity index (χ0v) is 11.1. The number of carbonyl (C=O) groups is 1. The van der Waals surface area contributed by atoms with Crippen LogP contribution in [0, 0.1) is 12.7 Å². The van der Waals surface area contributed by atoms with Crippen molar-refractivity contribution in [3.63, 3.8) is 0 Å². The Morgan fingerprint density at radius 3 is 2.94 bits per heavy atom. The molecule has 3 nitrogen and oxygen atoms in total. The van der Waals surface area contributed by atoms with E-state index >= 15 is 0 Å². The van der Waals surface area contributed by atoms with Gasteiger partial charge in [0, 0.05) is 28.6 Å². The highest BCUT2D eigenvalue weighted by molar-refractivity contribution is 7.99. The van der Waals surface area contributed by atoms with E-state index in [4.69, 9.17) is 5.73 Å². The van der Waals surface area contributed by atoms with Gasteiger partial charge in [-0.3, -0.25) is 4.79 Å². The minimum absolute atomic E-state index is 0.182. The lowest BCUT2D eigenvalue weighted by molar-refractivity contribution is 0.0938. The molecule has 0 spiro atoms. The number of rotatable bonds is 2. The monoisotopic (exact) mass is 268 g/mol. The van der Waals surface area contributed by atoms with E-state index in [0.29, 0.717) is 16.8 Å². The lowest BCUT2D eigenvalue weighted by Crippen LogP contribution is -2.38. The fraction of sp³-hybridized carbons (Fsp3) is 0.462. The quantitative estimate of drug-likeness (QED) is 0.809. The van der Waals surface area contributed by atoms with Crippen molar-refractivity contribution in [1.29, 1.82) is 0 Å². The number of thioether (sulfide) groups is 1. The minimum atomic E-state index is -0.432. The van der Waals surface area contributed by atoms with E-state index in [2.05, 4.69) is 5.32 Å². The maximum absolute atomic E-state index is 13.5. The molecule has 1 unspecified atom stereocenters. The third kappa shape index (κ3) is 2.96. The van der Waals surface area contributed by atoms with Crippen LogP contribution in [0.25, 0.3) is 0 Å². The van der Waals surface area contributed by atoms with Gasteiger partial charge in [0.05, 0.1) is 0 Å². The molecule has 98 valence electrons. The first-order valence-electron chi connectivity index (χ1n) is 6.02. The van der Waals surface area contributed by atoms with Crippen molar-refractivity contribution in [2.24, 2.45) is 0 Å². The van der Waals surface area contributed by atoms with Gasteiger partial charge in [0.25, 0.3) is 5.91 Å². The zero-order chi connectivity index (χ0) is 13.1. The van der Waals surface area contributed by atoms with E-state index in [1.807, 2.05) is 11.8 Å². The van der Waals surface area contributed by atoms with Crippen LogP contribution in [0.2, 0.25) is 0 Å². The predicted molar refractivity (Wildman–Crippen MR) is 73.4 cm³/mol. The smallest absolute Gasteiger partial charge is 0.251 e. The lowest BCUT2D eigenvalue weighted by Gasteiger charge is -2.22. The molecular formula is C13H17FN2OS. The molecule has 0 aromatic heterocycles. The maximum atomic E-state index is 13.5. The first-order valence-corrected chi connectivity index (χ1v) is 7.17. The summed E-state index contributed by atoms with van der Waals surface area (Å²) in [5, 5.41) is 2.93. The van der Waals surface area contributed by atoms with Crippen LogP contribution in [-0.4, -0.2) is 23.5 Å². The highest BCUT2D eigenvalue weighted by atomic mass is 32.2. The number of halogens is 1. The topological polar surface area (TPSA) is 55.1 Å². The molecule has 1 amide bonds. The van der Waals surface area contributed by atoms with Crippen molar-refractivity contribution in [2.75, 3.05) is 17.2 Å². The number of nitrogens with two attached hydrogens (primary N) is 1. The third-order valence-corrected chi connectivity index (χ3v) is 4.36. The molecule has 1 aliphatic heterocycles. The van der Waals surface area contributed by atoms with Crippen LogP contribution in [0.1, 0.15) is 28.8 Å². The third-order valence-electron chi connectivity index (χ3n) is 3.14. The van der Waals surface area contributed by atoms with Crippen LogP contribution in [0.3, 0.4) is 0 Å². The fourth-order valence-electron chi connectivity index (χ4n) is 1.95. The summed E-state index contributed by atoms with van der Waals surface area (Å²) in [4.78, 5) is 12.0. The van der Waals surface area contributed by atoms with Gasteiger partial charge in [-0.05, 0) is 37.7 Å². The van der Waals surface area contributed by atoms with Gasteiger partial charge in [-0.25, -0.2) is 4.39 Å². The van der Waals surface area contributed by atoms with E-state index in [1.54, 1.807) is 6.92 Å². The summed E-state index contributed by atoms with van der Waals surface area (Å²) in [6.07, 6.45) is 2.10. The highest BCUT2D eigenvalue weighted by Crippen LogP contribution is 2.20. The summed E-state index contributed by atoms with van der Waals surface area (Å²) in [6, 6.07) is 2.96. The predicted octanol–water partition coefficient (Wildman–Crippen LogP) is 2.34. The number of hydrogen-bond donors (Lipinski definition) is 2. The largest absolute Gasteiger partial charge is 0.398 e. The van der Waals surface area contributed by atoms with E-state index in [9.17, 15) is 9.18 Å². The van der Waals surface area contributed by atoms with Crippen molar-refractivity contribution in [3.8, 4) is 0 Å². The van der Waals surface area contributed by atoms with Crippen LogP contribution in [0.4, 0.5) is 10.1 Å². The van der Waals surface area contributed by atoms with Crippen LogP contribution >= 0.6 is 11.8 Å². The van der Waals surface area contributed by atoms with Crippen LogP contribution in [0.15, 0.2) is 12.1 Å². The number of amides is 1. The average molecular weight is 268 g/mol. The number of hydrogen-bond acceptors (Lipinski definition) is 3. The first-order chi connectivity index (χ1) is 8.58. The summed E-state index contributed by atoms with van der Waals surface area (Å²) in [5.74, 6) is 1.40. The number of nitrogens with one attached hydrogen (secondary N) is 1. The number of nitrogen functional groups attached to an aromatic ring is 1. The molecule has 0 saturated carbocycles. The Hall–Kier alpha value is -1.23. The van der Waals surface area contributed by atoms with Gasteiger partial charge in [0.15, 0.2) is 0 Å². The van der Waals surface area contributed by atoms with Crippen LogP contribution < -0.4 is 11.1 Å². The molecule has 2 rings (SSSR count). The molecule has 3 N–H and O–H groups in total. The molecule has 1 aromatic carbocycles. The highest BCUT2D eigenvalue weighted by Gasteiger charge is 2.18. The molecule has 18 heavy (non-hydrogen) atoms. The molecule has 0 aliphatic carbocycles. The fourth-order valence-corrected chi connectivity index (χ4v) is 3.03. The first kappa shape index (κ1) is 13.2. The van der Waals surface area contributed by atoms with Crippen LogP contribution in [0.5, 0.6) is 0 Å². The standard InChI is InChI=1S/C13H17FN2OS/c1-8-11(14)5-9(6-12(8)15)13(17)16-10-3-2-4-18-7-10/h5-6,10H,2-4,7,15H2,1H3,(H,16,17). The van der Waals surface area contributed by atoms with E-state index in [1.165, 1.54) is 12.1 Å². The molecule has 0 bridgehead atoms. The van der Waals surface area contributed by atoms with E-state index in [0.717, 1.165) is 24.3 Å². The molecule has 1 aromatic rings. The van der Waals surface area contributed by atoms with Crippen molar-refractivity contribution in [3.05, 3.63) is 29.1 Å². The summed E-state index contributed by atoms with van der Waals surface area (Å²) in [6.45, 7) is 1.60. The van der Waals surface area contributed by atoms with Gasteiger partial charge in [0.1, 0.15) is 5.82 Å². The Bertz CT molecular complexity index is 435. The molecule has 1 aliphatic rings. The van der Waals surface area contributed by atoms with Crippen molar-refractivity contribution in [2.45, 2.75) is 25.8 Å². The van der Waals surface area contributed by atoms with E-state index in [-0.39, 0.29) is 11.9 Å². The number of anilines is 1. The Labute approximate surface area is 110 Å². The summed E-state index contributed by atoms with van der Waals surface area (Å²) in [5.41, 5.74) is 6.67. The van der Waals surface area contributed by atoms with Gasteiger partial charge in [-0.15, -0.1) is 0 Å². The van der Waals surface area contributed by atoms with Crippen molar-refractivity contribution in [1.82, 2.24) is 5.32 Å². The second kappa shape index (κ2) is 5.61. The average Bonchev–Trinajstić information content (AvgIpc) is 2.36. The Kier molecular flexibility index (Phi) is 4.11. The summed E-state index contributed by atoms with van der Waals surface area (Å²) >= 11 is 1.84. The van der Waals surface area contributed by atoms with Gasteiger partial charge >= 0.3 is 0 Å². The molecular weight excluding hydrogens is 251 g/mol. The molecule has 1 heterocycles. The van der Waals surface area contributed by atoms with Gasteiger partial charge < -0.3 is 11.1 Å². The second-order valence-electron chi connectivity index (χ2n) is 4.56. The zero-order valence-electron chi connectivity index (χ0n) is 10.3. The molecule has 1 saturated heterocycles. The SMILES string of the molecule is Cc1c(N)cc(C(=O)NC2CCCSC2)cc1F. The van der Waals surface area contributed by atoms with Crippen LogP contribution in [-0.2, 0) is 0 Å². The number of carbonyl (C=O) groups excluding carboxylic acids is 1. The molecule has 1 atom stereocenters. The Morgan fingerprint density at radius 2 is 2.33 bits per heavy atom. The molecule has 5 heteroatoms. The Morgan fingerprint density at radius 1 is 1.56 bits per heavy atom. The lowest BCUT2D eigenvalue weighted by atomic mass is 10.1. The normalized spacial score (nSPS) is 19.6. The van der Waals surface area contributed by atoms with Crippen molar-refractivity contribution < 1.29 is 9.18 Å². The summed E-state index contributed by atoms with van der Waals surface area (Å²) in [7, 11) is 0. The minimum Gasteiger partial charge on any atom is -0.398 e. The second-order valence-corrected chi connectivity index (χ2v) is 5.71. The van der Waals surface area contributed by atoms with Gasteiger partial charge in [-0.2, -0.15) is 11.8 Å².